The summed E-state index contributed by atoms with van der Waals surface area (Å²) in [6.07, 6.45) is 3.03. The van der Waals surface area contributed by atoms with Gasteiger partial charge in [-0.3, -0.25) is 0 Å². The van der Waals surface area contributed by atoms with Crippen LogP contribution in [0, 0.1) is 6.54 Å². The van der Waals surface area contributed by atoms with Crippen molar-refractivity contribution in [3.63, 3.8) is 0 Å². The molecule has 0 aliphatic carbocycles. The van der Waals surface area contributed by atoms with Gasteiger partial charge in [-0.1, -0.05) is 6.42 Å². The van der Waals surface area contributed by atoms with E-state index in [1.54, 1.807) is 4.90 Å². The van der Waals surface area contributed by atoms with E-state index in [4.69, 9.17) is 4.74 Å². The molecule has 0 aromatic rings. The molecule has 1 saturated heterocycles. The topological polar surface area (TPSA) is 29.5 Å². The first-order valence-electron chi connectivity index (χ1n) is 5.09. The van der Waals surface area contributed by atoms with Gasteiger partial charge in [-0.15, -0.1) is 0 Å². The van der Waals surface area contributed by atoms with Crippen LogP contribution in [-0.4, -0.2) is 23.1 Å². The standard InChI is InChI=1S/C10H18NO2.HI.Zn/c1-10(2,3)13-9(12)11-7-5-4-6-8-11;;/h7H,4-6,8H2,1-3H3;1H;/q-1;;+2/p-1. The number of hydrogen-bond acceptors (Lipinski definition) is 2. The van der Waals surface area contributed by atoms with Crippen LogP contribution in [0.25, 0.3) is 0 Å². The molecule has 1 fully saturated rings. The maximum atomic E-state index is 11.5. The van der Waals surface area contributed by atoms with E-state index < -0.39 is 0 Å². The first kappa shape index (κ1) is 15.6. The molecule has 1 heterocycles. The van der Waals surface area contributed by atoms with E-state index in [0.717, 1.165) is 19.4 Å². The van der Waals surface area contributed by atoms with Crippen LogP contribution in [0.4, 0.5) is 4.79 Å². The third kappa shape index (κ3) is 7.50. The Morgan fingerprint density at radius 2 is 2.00 bits per heavy atom. The van der Waals surface area contributed by atoms with Crippen molar-refractivity contribution in [1.29, 1.82) is 0 Å². The van der Waals surface area contributed by atoms with Crippen molar-refractivity contribution in [1.82, 2.24) is 4.90 Å². The number of carbonyl (C=O) groups excluding carboxylic acids is 1. The van der Waals surface area contributed by atoms with Crippen molar-refractivity contribution >= 4 is 25.8 Å². The van der Waals surface area contributed by atoms with Gasteiger partial charge in [0.15, 0.2) is 0 Å². The van der Waals surface area contributed by atoms with Gasteiger partial charge in [0.25, 0.3) is 0 Å². The Hall–Kier alpha value is 0.623. The Kier molecular flexibility index (Phi) is 8.15. The van der Waals surface area contributed by atoms with E-state index in [1.807, 2.05) is 27.3 Å². The quantitative estimate of drug-likeness (QED) is 0.368. The molecule has 1 aliphatic heterocycles. The number of hydrogen-bond donors (Lipinski definition) is 0. The Balaban J connectivity index is 0.000000921. The zero-order chi connectivity index (χ0) is 11.9. The average Bonchev–Trinajstić information content (AvgIpc) is 2.20. The van der Waals surface area contributed by atoms with Crippen LogP contribution in [0.15, 0.2) is 0 Å². The number of amides is 1. The molecule has 84 valence electrons. The SMILES string of the molecule is CC(C)(C)OC(=O)N1[CH-]CCCC1.[Zn+][I]. The summed E-state index contributed by atoms with van der Waals surface area (Å²) >= 11 is 3.62. The Morgan fingerprint density at radius 1 is 1.40 bits per heavy atom. The molecule has 5 heteroatoms. The summed E-state index contributed by atoms with van der Waals surface area (Å²) in [5, 5.41) is 0. The predicted octanol–water partition coefficient (Wildman–Crippen LogP) is 3.45. The second-order valence-electron chi connectivity index (χ2n) is 4.35. The van der Waals surface area contributed by atoms with Crippen molar-refractivity contribution in [3.05, 3.63) is 6.54 Å². The molecule has 0 saturated carbocycles. The van der Waals surface area contributed by atoms with Gasteiger partial charge in [0, 0.05) is 0 Å². The molecular formula is C10H18INO2Zn. The molecule has 0 radical (unpaired) electrons. The van der Waals surface area contributed by atoms with Gasteiger partial charge in [-0.05, 0) is 33.7 Å². The van der Waals surface area contributed by atoms with Gasteiger partial charge in [0.1, 0.15) is 5.60 Å². The van der Waals surface area contributed by atoms with Gasteiger partial charge < -0.3 is 9.64 Å². The summed E-state index contributed by atoms with van der Waals surface area (Å²) in [4.78, 5) is 13.2. The van der Waals surface area contributed by atoms with Crippen LogP contribution in [0.2, 0.25) is 0 Å². The first-order valence-corrected chi connectivity index (χ1v) is 14.1. The fourth-order valence-corrected chi connectivity index (χ4v) is 1.25. The second kappa shape index (κ2) is 7.83. The average molecular weight is 377 g/mol. The molecule has 1 amide bonds. The number of likely N-dealkylation sites (tertiary alicyclic amines) is 1. The fraction of sp³-hybridized carbons (Fsp3) is 0.800. The van der Waals surface area contributed by atoms with Crippen LogP contribution in [0.1, 0.15) is 40.0 Å². The summed E-state index contributed by atoms with van der Waals surface area (Å²) in [5.41, 5.74) is -0.387. The van der Waals surface area contributed by atoms with Crippen LogP contribution < -0.4 is 0 Å². The number of rotatable bonds is 0. The molecule has 1 aliphatic rings. The maximum absolute atomic E-state index is 11.5. The molecule has 15 heavy (non-hydrogen) atoms. The van der Waals surface area contributed by atoms with E-state index in [0.29, 0.717) is 0 Å². The number of carbonyl (C=O) groups is 1. The number of ether oxygens (including phenoxy) is 1. The van der Waals surface area contributed by atoms with Crippen LogP contribution >= 0.6 is 19.8 Å². The molecule has 0 aromatic carbocycles. The van der Waals surface area contributed by atoms with Gasteiger partial charge >= 0.3 is 40.6 Å². The number of halogens is 1. The number of piperidine rings is 1. The van der Waals surface area contributed by atoms with Crippen LogP contribution in [0.3, 0.4) is 0 Å². The first-order chi connectivity index (χ1) is 6.99. The summed E-state index contributed by atoms with van der Waals surface area (Å²) in [5.74, 6) is 0. The van der Waals surface area contributed by atoms with Crippen molar-refractivity contribution in [2.45, 2.75) is 45.6 Å². The van der Waals surface area contributed by atoms with Crippen LogP contribution in [-0.2, 0) is 19.5 Å². The molecule has 3 nitrogen and oxygen atoms in total. The van der Waals surface area contributed by atoms with Crippen molar-refractivity contribution in [2.24, 2.45) is 0 Å². The molecule has 1 rings (SSSR count). The molecule has 0 aromatic heterocycles. The number of nitrogens with zero attached hydrogens (tertiary/aromatic N) is 1. The molecule has 0 bridgehead atoms. The van der Waals surface area contributed by atoms with Crippen molar-refractivity contribution in [3.8, 4) is 0 Å². The molecule has 0 atom stereocenters. The fourth-order valence-electron chi connectivity index (χ4n) is 1.25. The Morgan fingerprint density at radius 3 is 2.40 bits per heavy atom. The molecular weight excluding hydrogens is 358 g/mol. The minimum absolute atomic E-state index is 0.216. The van der Waals surface area contributed by atoms with Gasteiger partial charge in [-0.2, -0.15) is 6.42 Å². The molecule has 0 spiro atoms. The normalized spacial score (nSPS) is 16.5. The third-order valence-corrected chi connectivity index (χ3v) is 1.83. The van der Waals surface area contributed by atoms with E-state index >= 15 is 0 Å². The summed E-state index contributed by atoms with van der Waals surface area (Å²) in [7, 11) is 0. The second-order valence-corrected chi connectivity index (χ2v) is 4.35. The minimum atomic E-state index is -0.387. The van der Waals surface area contributed by atoms with Gasteiger partial charge in [0.05, 0.1) is 0 Å². The summed E-state index contributed by atoms with van der Waals surface area (Å²) < 4.78 is 5.23. The van der Waals surface area contributed by atoms with Gasteiger partial charge in [0.2, 0.25) is 0 Å². The Labute approximate surface area is 113 Å². The van der Waals surface area contributed by atoms with Gasteiger partial charge in [-0.25, -0.2) is 11.3 Å². The monoisotopic (exact) mass is 375 g/mol. The van der Waals surface area contributed by atoms with E-state index in [1.165, 1.54) is 21.2 Å². The third-order valence-electron chi connectivity index (χ3n) is 1.83. The summed E-state index contributed by atoms with van der Waals surface area (Å²) in [6.45, 7) is 8.38. The van der Waals surface area contributed by atoms with Crippen LogP contribution in [0.5, 0.6) is 0 Å². The van der Waals surface area contributed by atoms with E-state index in [-0.39, 0.29) is 11.7 Å². The zero-order valence-electron chi connectivity index (χ0n) is 9.75. The van der Waals surface area contributed by atoms with E-state index in [9.17, 15) is 4.79 Å². The van der Waals surface area contributed by atoms with Crippen molar-refractivity contribution in [2.75, 3.05) is 6.54 Å². The molecule has 0 N–H and O–H groups in total. The summed E-state index contributed by atoms with van der Waals surface area (Å²) in [6, 6.07) is 0. The predicted molar refractivity (Wildman–Crippen MR) is 65.1 cm³/mol. The zero-order valence-corrected chi connectivity index (χ0v) is 14.9. The van der Waals surface area contributed by atoms with Crippen molar-refractivity contribution < 1.29 is 24.3 Å². The molecule has 0 unspecified atom stereocenters. The Bertz CT molecular complexity index is 188. The van der Waals surface area contributed by atoms with E-state index in [2.05, 4.69) is 19.8 Å².